The van der Waals surface area contributed by atoms with Crippen LogP contribution in [0, 0.1) is 0 Å². The SMILES string of the molecule is CNC1(C(=O)C(N)CSSC(C)(C)C)N=C(c2ccccc2)c2ccccc2N(C[C]=O)C1=O. The number of para-hydroxylation sites is 1. The smallest absolute Gasteiger partial charge is 0.278 e. The summed E-state index contributed by atoms with van der Waals surface area (Å²) in [6, 6.07) is 15.5. The molecule has 0 saturated carbocycles. The van der Waals surface area contributed by atoms with Crippen LogP contribution < -0.4 is 16.0 Å². The van der Waals surface area contributed by atoms with Crippen LogP contribution in [0.25, 0.3) is 0 Å². The zero-order valence-electron chi connectivity index (χ0n) is 19.7. The zero-order chi connectivity index (χ0) is 24.9. The van der Waals surface area contributed by atoms with Crippen LogP contribution >= 0.6 is 21.6 Å². The van der Waals surface area contributed by atoms with Crippen LogP contribution in [0.3, 0.4) is 0 Å². The molecule has 1 amide bonds. The maximum Gasteiger partial charge on any atom is 0.278 e. The molecule has 0 aliphatic carbocycles. The van der Waals surface area contributed by atoms with Gasteiger partial charge >= 0.3 is 0 Å². The number of amides is 1. The Labute approximate surface area is 208 Å². The number of hydrogen-bond donors (Lipinski definition) is 2. The minimum Gasteiger partial charge on any atom is -0.321 e. The highest BCUT2D eigenvalue weighted by molar-refractivity contribution is 8.77. The highest BCUT2D eigenvalue weighted by Gasteiger charge is 2.51. The molecule has 0 fully saturated rings. The van der Waals surface area contributed by atoms with Crippen molar-refractivity contribution in [2.75, 3.05) is 24.2 Å². The summed E-state index contributed by atoms with van der Waals surface area (Å²) < 4.78 is -0.0108. The van der Waals surface area contributed by atoms with Gasteiger partial charge in [0.25, 0.3) is 11.6 Å². The van der Waals surface area contributed by atoms with Gasteiger partial charge in [0, 0.05) is 21.6 Å². The van der Waals surface area contributed by atoms with Gasteiger partial charge in [0.05, 0.1) is 24.0 Å². The Bertz CT molecular complexity index is 1090. The van der Waals surface area contributed by atoms with Crippen LogP contribution in [0.1, 0.15) is 31.9 Å². The third-order valence-electron chi connectivity index (χ3n) is 5.17. The van der Waals surface area contributed by atoms with Crippen LogP contribution in [-0.4, -0.2) is 59.5 Å². The van der Waals surface area contributed by atoms with Crippen LogP contribution in [0.2, 0.25) is 0 Å². The summed E-state index contributed by atoms with van der Waals surface area (Å²) in [4.78, 5) is 45.1. The first kappa shape index (κ1) is 26.2. The Morgan fingerprint density at radius 2 is 1.82 bits per heavy atom. The van der Waals surface area contributed by atoms with Gasteiger partial charge in [-0.25, -0.2) is 4.99 Å². The molecular weight excluding hydrogens is 468 g/mol. The summed E-state index contributed by atoms with van der Waals surface area (Å²) in [5, 5.41) is 2.86. The molecule has 2 aromatic carbocycles. The predicted octanol–water partition coefficient (Wildman–Crippen LogP) is 2.97. The topological polar surface area (TPSA) is 105 Å². The number of ketones is 1. The first-order valence-corrected chi connectivity index (χ1v) is 13.2. The molecule has 9 heteroatoms. The van der Waals surface area contributed by atoms with Gasteiger partial charge in [0.15, 0.2) is 0 Å². The number of benzodiazepines with no additional fused rings is 1. The van der Waals surface area contributed by atoms with E-state index in [4.69, 9.17) is 10.7 Å². The van der Waals surface area contributed by atoms with Crippen LogP contribution in [-0.2, 0) is 14.4 Å². The lowest BCUT2D eigenvalue weighted by Crippen LogP contribution is -2.65. The molecule has 2 unspecified atom stereocenters. The number of rotatable bonds is 9. The molecule has 0 spiro atoms. The van der Waals surface area contributed by atoms with Crippen molar-refractivity contribution >= 4 is 51.0 Å². The number of nitrogens with zero attached hydrogens (tertiary/aromatic N) is 2. The fraction of sp³-hybridized carbons (Fsp3) is 0.360. The van der Waals surface area contributed by atoms with Crippen molar-refractivity contribution in [2.24, 2.45) is 10.7 Å². The summed E-state index contributed by atoms with van der Waals surface area (Å²) in [5.41, 5.74) is 6.64. The van der Waals surface area contributed by atoms with Crippen LogP contribution in [0.5, 0.6) is 0 Å². The highest BCUT2D eigenvalue weighted by Crippen LogP contribution is 2.36. The fourth-order valence-electron chi connectivity index (χ4n) is 3.60. The third kappa shape index (κ3) is 5.43. The highest BCUT2D eigenvalue weighted by atomic mass is 33.1. The molecule has 2 aromatic rings. The summed E-state index contributed by atoms with van der Waals surface area (Å²) in [7, 11) is 4.60. The Balaban J connectivity index is 2.15. The molecule has 1 aliphatic rings. The standard InChI is InChI=1S/C25H29N4O3S2/c1-24(2,3)34-33-16-19(26)22(31)25(27-4)23(32)29(14-15-30)20-13-9-8-12-18(20)21(28-25)17-10-6-5-7-11-17/h5-13,19,27H,14,16,26H2,1-4H3. The average molecular weight is 498 g/mol. The van der Waals surface area contributed by atoms with Crippen molar-refractivity contribution in [3.05, 3.63) is 65.7 Å². The normalized spacial score (nSPS) is 19.1. The molecular formula is C25H29N4O3S2. The average Bonchev–Trinajstić information content (AvgIpc) is 2.92. The minimum absolute atomic E-state index is 0.0108. The third-order valence-corrected chi connectivity index (χ3v) is 8.54. The lowest BCUT2D eigenvalue weighted by molar-refractivity contribution is -0.136. The number of likely N-dealkylation sites (N-methyl/N-ethyl adjacent to an activating group) is 1. The van der Waals surface area contributed by atoms with Crippen molar-refractivity contribution in [2.45, 2.75) is 37.2 Å². The maximum absolute atomic E-state index is 13.9. The van der Waals surface area contributed by atoms with Crippen molar-refractivity contribution in [3.8, 4) is 0 Å². The number of Topliss-reactive ketones (excluding diaryl/α,β-unsaturated/α-hetero) is 1. The van der Waals surface area contributed by atoms with Gasteiger partial charge in [-0.15, -0.1) is 0 Å². The number of fused-ring (bicyclic) bond motifs is 1. The molecule has 179 valence electrons. The number of nitrogens with two attached hydrogens (primary N) is 1. The Kier molecular flexibility index (Phi) is 8.35. The summed E-state index contributed by atoms with van der Waals surface area (Å²) >= 11 is 0. The first-order valence-electron chi connectivity index (χ1n) is 10.9. The fourth-order valence-corrected chi connectivity index (χ4v) is 6.03. The predicted molar refractivity (Wildman–Crippen MR) is 141 cm³/mol. The van der Waals surface area contributed by atoms with Crippen LogP contribution in [0.15, 0.2) is 59.6 Å². The number of nitrogens with one attached hydrogen (secondary N) is 1. The van der Waals surface area contributed by atoms with Gasteiger partial charge in [-0.2, -0.15) is 0 Å². The number of benzene rings is 2. The van der Waals surface area contributed by atoms with E-state index in [1.165, 1.54) is 22.7 Å². The van der Waals surface area contributed by atoms with Crippen molar-refractivity contribution in [3.63, 3.8) is 0 Å². The van der Waals surface area contributed by atoms with Gasteiger partial charge < -0.3 is 10.6 Å². The summed E-state index contributed by atoms with van der Waals surface area (Å²) in [6.45, 7) is 5.88. The van der Waals surface area contributed by atoms with Crippen LogP contribution in [0.4, 0.5) is 5.69 Å². The second kappa shape index (κ2) is 10.9. The monoisotopic (exact) mass is 497 g/mol. The quantitative estimate of drug-likeness (QED) is 0.405. The zero-order valence-corrected chi connectivity index (χ0v) is 21.3. The molecule has 0 saturated heterocycles. The van der Waals surface area contributed by atoms with E-state index >= 15 is 0 Å². The van der Waals surface area contributed by atoms with Gasteiger partial charge in [0.2, 0.25) is 12.1 Å². The molecule has 0 bridgehead atoms. The number of hydrogen-bond acceptors (Lipinski definition) is 8. The maximum atomic E-state index is 13.9. The van der Waals surface area contributed by atoms with E-state index in [1.807, 2.05) is 42.5 Å². The molecule has 3 N–H and O–H groups in total. The second-order valence-electron chi connectivity index (χ2n) is 8.79. The van der Waals surface area contributed by atoms with Crippen molar-refractivity contribution in [1.29, 1.82) is 0 Å². The van der Waals surface area contributed by atoms with E-state index in [0.717, 1.165) is 5.56 Å². The van der Waals surface area contributed by atoms with E-state index in [9.17, 15) is 14.4 Å². The molecule has 2 atom stereocenters. The molecule has 3 rings (SSSR count). The summed E-state index contributed by atoms with van der Waals surface area (Å²) in [6.07, 6.45) is 1.80. The van der Waals surface area contributed by atoms with Gasteiger partial charge in [-0.05, 0) is 13.1 Å². The number of anilines is 1. The van der Waals surface area contributed by atoms with Crippen molar-refractivity contribution < 1.29 is 14.4 Å². The molecule has 34 heavy (non-hydrogen) atoms. The lowest BCUT2D eigenvalue weighted by Gasteiger charge is -2.32. The van der Waals surface area contributed by atoms with Gasteiger partial charge in [0.1, 0.15) is 0 Å². The van der Waals surface area contributed by atoms with E-state index in [2.05, 4.69) is 26.1 Å². The number of carbonyl (C=O) groups is 2. The molecule has 0 aromatic heterocycles. The van der Waals surface area contributed by atoms with E-state index < -0.39 is 23.4 Å². The first-order chi connectivity index (χ1) is 16.1. The molecule has 1 aliphatic heterocycles. The van der Waals surface area contributed by atoms with Gasteiger partial charge in [-0.3, -0.25) is 19.7 Å². The Hall–Kier alpha value is -2.46. The minimum atomic E-state index is -1.99. The number of aliphatic imine (C=N–C) groups is 1. The van der Waals surface area contributed by atoms with E-state index in [0.29, 0.717) is 22.7 Å². The van der Waals surface area contributed by atoms with E-state index in [-0.39, 0.29) is 11.3 Å². The molecule has 1 heterocycles. The molecule has 7 nitrogen and oxygen atoms in total. The summed E-state index contributed by atoms with van der Waals surface area (Å²) in [5.74, 6) is -0.912. The largest absolute Gasteiger partial charge is 0.321 e. The molecule has 1 radical (unpaired) electrons. The Morgan fingerprint density at radius 1 is 1.18 bits per heavy atom. The van der Waals surface area contributed by atoms with Gasteiger partial charge in [-0.1, -0.05) is 90.9 Å². The Morgan fingerprint density at radius 3 is 2.44 bits per heavy atom. The van der Waals surface area contributed by atoms with Crippen molar-refractivity contribution in [1.82, 2.24) is 5.32 Å². The number of carbonyl (C=O) groups excluding carboxylic acids is 3. The second-order valence-corrected chi connectivity index (χ2v) is 12.0. The van der Waals surface area contributed by atoms with E-state index in [1.54, 1.807) is 29.2 Å². The lowest BCUT2D eigenvalue weighted by atomic mass is 9.97.